The van der Waals surface area contributed by atoms with Gasteiger partial charge in [-0.1, -0.05) is 31.2 Å². The van der Waals surface area contributed by atoms with Crippen molar-refractivity contribution in [2.24, 2.45) is 7.05 Å². The first-order valence-electron chi connectivity index (χ1n) is 7.06. The first-order chi connectivity index (χ1) is 9.28. The topological polar surface area (TPSA) is 29.9 Å². The Hall–Kier alpha value is -1.61. The van der Waals surface area contributed by atoms with Gasteiger partial charge in [-0.2, -0.15) is 5.10 Å². The lowest BCUT2D eigenvalue weighted by Gasteiger charge is -2.37. The quantitative estimate of drug-likeness (QED) is 0.888. The van der Waals surface area contributed by atoms with Gasteiger partial charge in [-0.05, 0) is 36.1 Å². The molecule has 0 amide bonds. The molecule has 3 rings (SSSR count). The molecule has 0 radical (unpaired) electrons. The largest absolute Gasteiger partial charge is 0.313 e. The number of hydrogen-bond acceptors (Lipinski definition) is 2. The van der Waals surface area contributed by atoms with E-state index in [4.69, 9.17) is 0 Å². The van der Waals surface area contributed by atoms with E-state index in [1.54, 1.807) is 0 Å². The zero-order valence-electron chi connectivity index (χ0n) is 11.6. The predicted molar refractivity (Wildman–Crippen MR) is 77.3 cm³/mol. The third kappa shape index (κ3) is 2.43. The summed E-state index contributed by atoms with van der Waals surface area (Å²) in [5.41, 5.74) is 4.36. The highest BCUT2D eigenvalue weighted by Crippen LogP contribution is 2.38. The van der Waals surface area contributed by atoms with Gasteiger partial charge < -0.3 is 5.32 Å². The van der Waals surface area contributed by atoms with E-state index in [0.29, 0.717) is 12.0 Å². The van der Waals surface area contributed by atoms with E-state index < -0.39 is 0 Å². The first-order valence-corrected chi connectivity index (χ1v) is 7.06. The molecule has 2 atom stereocenters. The van der Waals surface area contributed by atoms with Crippen LogP contribution in [0.15, 0.2) is 36.7 Å². The summed E-state index contributed by atoms with van der Waals surface area (Å²) in [6, 6.07) is 9.33. The molecule has 0 spiro atoms. The van der Waals surface area contributed by atoms with Crippen molar-refractivity contribution in [3.8, 4) is 0 Å². The maximum Gasteiger partial charge on any atom is 0.0522 e. The van der Waals surface area contributed by atoms with Crippen LogP contribution >= 0.6 is 0 Å². The van der Waals surface area contributed by atoms with E-state index in [1.807, 2.05) is 17.9 Å². The number of nitrogens with one attached hydrogen (secondary N) is 1. The minimum atomic E-state index is 0.518. The third-order valence-corrected chi connectivity index (χ3v) is 4.06. The van der Waals surface area contributed by atoms with E-state index in [9.17, 15) is 0 Å². The average Bonchev–Trinajstić information content (AvgIpc) is 2.77. The highest BCUT2D eigenvalue weighted by Gasteiger charge is 2.32. The predicted octanol–water partition coefficient (Wildman–Crippen LogP) is 2.28. The van der Waals surface area contributed by atoms with E-state index >= 15 is 0 Å². The second-order valence-corrected chi connectivity index (χ2v) is 5.40. The smallest absolute Gasteiger partial charge is 0.0522 e. The summed E-state index contributed by atoms with van der Waals surface area (Å²) in [4.78, 5) is 0. The van der Waals surface area contributed by atoms with Crippen LogP contribution in [-0.2, 0) is 19.9 Å². The van der Waals surface area contributed by atoms with Gasteiger partial charge >= 0.3 is 0 Å². The molecule has 19 heavy (non-hydrogen) atoms. The molecule has 3 nitrogen and oxygen atoms in total. The summed E-state index contributed by atoms with van der Waals surface area (Å²) in [6.07, 6.45) is 6.36. The van der Waals surface area contributed by atoms with Crippen LogP contribution in [0.5, 0.6) is 0 Å². The van der Waals surface area contributed by atoms with Crippen molar-refractivity contribution in [2.45, 2.75) is 31.7 Å². The normalized spacial score (nSPS) is 18.7. The maximum absolute atomic E-state index is 4.27. The van der Waals surface area contributed by atoms with Gasteiger partial charge in [0.2, 0.25) is 0 Å². The Morgan fingerprint density at radius 3 is 2.95 bits per heavy atom. The lowest BCUT2D eigenvalue weighted by atomic mass is 9.72. The second-order valence-electron chi connectivity index (χ2n) is 5.40. The van der Waals surface area contributed by atoms with Crippen LogP contribution in [0.25, 0.3) is 0 Å². The molecular weight excluding hydrogens is 234 g/mol. The minimum absolute atomic E-state index is 0.518. The van der Waals surface area contributed by atoms with E-state index in [0.717, 1.165) is 13.0 Å². The highest BCUT2D eigenvalue weighted by molar-refractivity contribution is 5.41. The van der Waals surface area contributed by atoms with Gasteiger partial charge in [-0.3, -0.25) is 4.68 Å². The number of aromatic nitrogens is 2. The monoisotopic (exact) mass is 255 g/mol. The molecule has 2 unspecified atom stereocenters. The Labute approximate surface area is 114 Å². The summed E-state index contributed by atoms with van der Waals surface area (Å²) in [5, 5.41) is 7.91. The molecule has 0 saturated carbocycles. The van der Waals surface area contributed by atoms with E-state index in [1.165, 1.54) is 23.1 Å². The van der Waals surface area contributed by atoms with E-state index in [-0.39, 0.29) is 0 Å². The lowest BCUT2D eigenvalue weighted by Crippen LogP contribution is -2.41. The molecule has 0 fully saturated rings. The standard InChI is InChI=1S/C16H21N3/c1-3-17-16(8-12-10-18-19(2)11-12)15-9-13-6-4-5-7-14(13)15/h4-7,10-11,15-17H,3,8-9H2,1-2H3. The van der Waals surface area contributed by atoms with Crippen LogP contribution in [0, 0.1) is 0 Å². The average molecular weight is 255 g/mol. The summed E-state index contributed by atoms with van der Waals surface area (Å²) in [7, 11) is 1.98. The molecule has 2 aromatic rings. The molecule has 1 heterocycles. The third-order valence-electron chi connectivity index (χ3n) is 4.06. The minimum Gasteiger partial charge on any atom is -0.313 e. The van der Waals surface area contributed by atoms with Gasteiger partial charge in [-0.15, -0.1) is 0 Å². The van der Waals surface area contributed by atoms with Gasteiger partial charge in [0.05, 0.1) is 6.20 Å². The Kier molecular flexibility index (Phi) is 3.38. The summed E-state index contributed by atoms with van der Waals surface area (Å²) >= 11 is 0. The number of nitrogens with zero attached hydrogens (tertiary/aromatic N) is 2. The summed E-state index contributed by atoms with van der Waals surface area (Å²) < 4.78 is 1.88. The molecule has 0 aliphatic heterocycles. The maximum atomic E-state index is 4.27. The number of aryl methyl sites for hydroxylation is 1. The van der Waals surface area contributed by atoms with Gasteiger partial charge in [0.1, 0.15) is 0 Å². The Morgan fingerprint density at radius 1 is 1.42 bits per heavy atom. The fourth-order valence-electron chi connectivity index (χ4n) is 3.11. The van der Waals surface area contributed by atoms with Crippen molar-refractivity contribution in [2.75, 3.05) is 6.54 Å². The SMILES string of the molecule is CCNC(Cc1cnn(C)c1)C1Cc2ccccc21. The molecular formula is C16H21N3. The lowest BCUT2D eigenvalue weighted by molar-refractivity contribution is 0.404. The Morgan fingerprint density at radius 2 is 2.26 bits per heavy atom. The number of rotatable bonds is 5. The van der Waals surface area contributed by atoms with Crippen molar-refractivity contribution in [3.05, 3.63) is 53.3 Å². The molecule has 0 bridgehead atoms. The molecule has 3 heteroatoms. The zero-order valence-corrected chi connectivity index (χ0v) is 11.6. The molecule has 1 aliphatic carbocycles. The van der Waals surface area contributed by atoms with Crippen molar-refractivity contribution in [3.63, 3.8) is 0 Å². The fourth-order valence-corrected chi connectivity index (χ4v) is 3.11. The number of benzene rings is 1. The van der Waals surface area contributed by atoms with Gasteiger partial charge in [0.15, 0.2) is 0 Å². The first kappa shape index (κ1) is 12.4. The van der Waals surface area contributed by atoms with Crippen molar-refractivity contribution in [1.82, 2.24) is 15.1 Å². The van der Waals surface area contributed by atoms with Gasteiger partial charge in [-0.25, -0.2) is 0 Å². The van der Waals surface area contributed by atoms with Crippen LogP contribution in [0.2, 0.25) is 0 Å². The van der Waals surface area contributed by atoms with Crippen LogP contribution in [0.1, 0.15) is 29.5 Å². The second kappa shape index (κ2) is 5.17. The van der Waals surface area contributed by atoms with Crippen LogP contribution in [0.4, 0.5) is 0 Å². The number of fused-ring (bicyclic) bond motifs is 1. The molecule has 1 aromatic carbocycles. The zero-order chi connectivity index (χ0) is 13.2. The fraction of sp³-hybridized carbons (Fsp3) is 0.438. The highest BCUT2D eigenvalue weighted by atomic mass is 15.2. The van der Waals surface area contributed by atoms with Crippen molar-refractivity contribution < 1.29 is 0 Å². The molecule has 1 aromatic heterocycles. The summed E-state index contributed by atoms with van der Waals surface area (Å²) in [5.74, 6) is 0.649. The molecule has 1 aliphatic rings. The van der Waals surface area contributed by atoms with Gasteiger partial charge in [0.25, 0.3) is 0 Å². The Balaban J connectivity index is 1.76. The Bertz CT molecular complexity index is 559. The molecule has 0 saturated heterocycles. The number of likely N-dealkylation sites (N-methyl/N-ethyl adjacent to an activating group) is 1. The van der Waals surface area contributed by atoms with Gasteiger partial charge in [0, 0.05) is 25.2 Å². The van der Waals surface area contributed by atoms with Crippen LogP contribution < -0.4 is 5.32 Å². The van der Waals surface area contributed by atoms with E-state index in [2.05, 4.69) is 47.8 Å². The molecule has 1 N–H and O–H groups in total. The van der Waals surface area contributed by atoms with Crippen LogP contribution in [0.3, 0.4) is 0 Å². The van der Waals surface area contributed by atoms with Crippen molar-refractivity contribution in [1.29, 1.82) is 0 Å². The number of hydrogen-bond donors (Lipinski definition) is 1. The molecule has 100 valence electrons. The van der Waals surface area contributed by atoms with Crippen LogP contribution in [-0.4, -0.2) is 22.4 Å². The summed E-state index contributed by atoms with van der Waals surface area (Å²) in [6.45, 7) is 3.20. The van der Waals surface area contributed by atoms with Crippen molar-refractivity contribution >= 4 is 0 Å².